The molecule has 0 saturated carbocycles. The van der Waals surface area contributed by atoms with E-state index in [0.29, 0.717) is 24.3 Å². The Hall–Kier alpha value is -3.23. The third kappa shape index (κ3) is 4.19. The van der Waals surface area contributed by atoms with E-state index in [1.807, 2.05) is 29.6 Å². The Balaban J connectivity index is 1.35. The summed E-state index contributed by atoms with van der Waals surface area (Å²) in [5.41, 5.74) is 1.84. The topological polar surface area (TPSA) is 98.7 Å². The summed E-state index contributed by atoms with van der Waals surface area (Å²) in [6.07, 6.45) is 0.405. The van der Waals surface area contributed by atoms with Gasteiger partial charge < -0.3 is 20.6 Å². The molecule has 3 amide bonds. The summed E-state index contributed by atoms with van der Waals surface area (Å²) in [5.74, 6) is -1.62. The van der Waals surface area contributed by atoms with Crippen molar-refractivity contribution in [2.24, 2.45) is 0 Å². The Kier molecular flexibility index (Phi) is 5.78. The van der Waals surface area contributed by atoms with E-state index in [1.54, 1.807) is 29.2 Å². The molecule has 1 aliphatic rings. The number of benzene rings is 2. The van der Waals surface area contributed by atoms with Crippen molar-refractivity contribution in [3.63, 3.8) is 0 Å². The first-order chi connectivity index (χ1) is 14.5. The first kappa shape index (κ1) is 20.1. The van der Waals surface area contributed by atoms with Crippen molar-refractivity contribution in [2.45, 2.75) is 18.9 Å². The monoisotopic (exact) mass is 423 g/mol. The van der Waals surface area contributed by atoms with Crippen LogP contribution in [0, 0.1) is 0 Å². The van der Waals surface area contributed by atoms with Crippen molar-refractivity contribution in [2.75, 3.05) is 23.3 Å². The fraction of sp³-hybridized carbons (Fsp3) is 0.227. The van der Waals surface area contributed by atoms with Crippen molar-refractivity contribution in [1.29, 1.82) is 0 Å². The number of rotatable bonds is 5. The maximum atomic E-state index is 12.2. The number of aliphatic hydroxyl groups excluding tert-OH is 1. The second-order valence-corrected chi connectivity index (χ2v) is 7.98. The standard InChI is InChI=1S/C22H21N3O4S/c26-18(17-13-30-19-8-2-1-7-16(17)19)12-23-21(28)22(29)24-14-5-3-6-15(11-14)25-10-4-9-20(25)27/h1-3,5-8,11,13,18,26H,4,9-10,12H2,(H,23,28)(H,24,29). The van der Waals surface area contributed by atoms with Gasteiger partial charge in [0.25, 0.3) is 0 Å². The molecule has 4 rings (SSSR count). The number of nitrogens with zero attached hydrogens (tertiary/aromatic N) is 1. The second kappa shape index (κ2) is 8.64. The third-order valence-electron chi connectivity index (χ3n) is 5.02. The summed E-state index contributed by atoms with van der Waals surface area (Å²) in [7, 11) is 0. The number of hydrogen-bond acceptors (Lipinski definition) is 5. The lowest BCUT2D eigenvalue weighted by atomic mass is 10.1. The number of fused-ring (bicyclic) bond motifs is 1. The number of amides is 3. The summed E-state index contributed by atoms with van der Waals surface area (Å²) in [5, 5.41) is 18.2. The van der Waals surface area contributed by atoms with Gasteiger partial charge in [-0.1, -0.05) is 24.3 Å². The smallest absolute Gasteiger partial charge is 0.313 e. The van der Waals surface area contributed by atoms with Gasteiger partial charge in [0.15, 0.2) is 0 Å². The van der Waals surface area contributed by atoms with Crippen molar-refractivity contribution in [3.05, 3.63) is 59.5 Å². The van der Waals surface area contributed by atoms with Gasteiger partial charge in [-0.3, -0.25) is 14.4 Å². The molecule has 1 fully saturated rings. The van der Waals surface area contributed by atoms with Crippen LogP contribution >= 0.6 is 11.3 Å². The Morgan fingerprint density at radius 1 is 1.13 bits per heavy atom. The maximum Gasteiger partial charge on any atom is 0.313 e. The minimum atomic E-state index is -0.914. The van der Waals surface area contributed by atoms with E-state index >= 15 is 0 Å². The molecule has 1 aromatic heterocycles. The summed E-state index contributed by atoms with van der Waals surface area (Å²) in [6.45, 7) is 0.571. The Morgan fingerprint density at radius 2 is 1.97 bits per heavy atom. The van der Waals surface area contributed by atoms with Crippen molar-refractivity contribution in [3.8, 4) is 0 Å². The first-order valence-electron chi connectivity index (χ1n) is 9.67. The highest BCUT2D eigenvalue weighted by atomic mass is 32.1. The van der Waals surface area contributed by atoms with Crippen molar-refractivity contribution in [1.82, 2.24) is 5.32 Å². The van der Waals surface area contributed by atoms with Crippen LogP contribution in [0.2, 0.25) is 0 Å². The summed E-state index contributed by atoms with van der Waals surface area (Å²) in [6, 6.07) is 14.5. The van der Waals surface area contributed by atoms with E-state index in [-0.39, 0.29) is 12.5 Å². The molecule has 0 spiro atoms. The lowest BCUT2D eigenvalue weighted by Gasteiger charge is -2.17. The van der Waals surface area contributed by atoms with Gasteiger partial charge in [-0.05, 0) is 41.5 Å². The Morgan fingerprint density at radius 3 is 2.77 bits per heavy atom. The molecule has 1 atom stereocenters. The van der Waals surface area contributed by atoms with Crippen LogP contribution in [0.1, 0.15) is 24.5 Å². The van der Waals surface area contributed by atoms with Gasteiger partial charge >= 0.3 is 11.8 Å². The van der Waals surface area contributed by atoms with Gasteiger partial charge in [0, 0.05) is 41.1 Å². The average molecular weight is 423 g/mol. The number of anilines is 2. The number of nitrogens with one attached hydrogen (secondary N) is 2. The molecule has 3 aromatic rings. The Bertz CT molecular complexity index is 1110. The quantitative estimate of drug-likeness (QED) is 0.550. The first-order valence-corrected chi connectivity index (χ1v) is 10.5. The third-order valence-corrected chi connectivity index (χ3v) is 6.00. The van der Waals surface area contributed by atoms with Crippen molar-refractivity contribution >= 4 is 50.5 Å². The van der Waals surface area contributed by atoms with E-state index in [1.165, 1.54) is 11.3 Å². The number of aliphatic hydroxyl groups is 1. The highest BCUT2D eigenvalue weighted by Crippen LogP contribution is 2.30. The van der Waals surface area contributed by atoms with E-state index in [0.717, 1.165) is 22.1 Å². The zero-order chi connectivity index (χ0) is 21.1. The van der Waals surface area contributed by atoms with Crippen LogP contribution in [-0.2, 0) is 14.4 Å². The van der Waals surface area contributed by atoms with E-state index < -0.39 is 17.9 Å². The Labute approximate surface area is 177 Å². The number of carbonyl (C=O) groups excluding carboxylic acids is 3. The van der Waals surface area contributed by atoms with E-state index in [4.69, 9.17) is 0 Å². The van der Waals surface area contributed by atoms with Crippen LogP contribution in [0.4, 0.5) is 11.4 Å². The van der Waals surface area contributed by atoms with Crippen LogP contribution < -0.4 is 15.5 Å². The minimum absolute atomic E-state index is 0.0474. The SMILES string of the molecule is O=C(NCC(O)c1csc2ccccc12)C(=O)Nc1cccc(N2CCCC2=O)c1. The highest BCUT2D eigenvalue weighted by molar-refractivity contribution is 7.17. The molecular formula is C22H21N3O4S. The molecule has 7 nitrogen and oxygen atoms in total. The largest absolute Gasteiger partial charge is 0.387 e. The van der Waals surface area contributed by atoms with Crippen LogP contribution in [-0.4, -0.2) is 35.9 Å². The highest BCUT2D eigenvalue weighted by Gasteiger charge is 2.22. The molecule has 3 N–H and O–H groups in total. The minimum Gasteiger partial charge on any atom is -0.387 e. The molecule has 2 aromatic carbocycles. The van der Waals surface area contributed by atoms with Gasteiger partial charge in [0.2, 0.25) is 5.91 Å². The molecule has 8 heteroatoms. The van der Waals surface area contributed by atoms with E-state index in [2.05, 4.69) is 10.6 Å². The normalized spacial score (nSPS) is 14.7. The average Bonchev–Trinajstić information content (AvgIpc) is 3.38. The van der Waals surface area contributed by atoms with E-state index in [9.17, 15) is 19.5 Å². The zero-order valence-corrected chi connectivity index (χ0v) is 16.9. The number of thiophene rings is 1. The fourth-order valence-corrected chi connectivity index (χ4v) is 4.50. The molecule has 0 aliphatic carbocycles. The van der Waals surface area contributed by atoms with Gasteiger partial charge in [-0.15, -0.1) is 11.3 Å². The molecule has 30 heavy (non-hydrogen) atoms. The maximum absolute atomic E-state index is 12.2. The lowest BCUT2D eigenvalue weighted by molar-refractivity contribution is -0.136. The van der Waals surface area contributed by atoms with Crippen LogP contribution in [0.3, 0.4) is 0 Å². The summed E-state index contributed by atoms with van der Waals surface area (Å²) < 4.78 is 1.05. The van der Waals surface area contributed by atoms with Gasteiger partial charge in [-0.2, -0.15) is 0 Å². The summed E-state index contributed by atoms with van der Waals surface area (Å²) >= 11 is 1.52. The van der Waals surface area contributed by atoms with Gasteiger partial charge in [0.05, 0.1) is 6.10 Å². The molecule has 154 valence electrons. The fourth-order valence-electron chi connectivity index (χ4n) is 3.50. The van der Waals surface area contributed by atoms with Gasteiger partial charge in [0.1, 0.15) is 0 Å². The molecule has 2 heterocycles. The molecule has 1 saturated heterocycles. The van der Waals surface area contributed by atoms with Crippen LogP contribution in [0.15, 0.2) is 53.9 Å². The predicted octanol–water partition coefficient (Wildman–Crippen LogP) is 2.82. The lowest BCUT2D eigenvalue weighted by Crippen LogP contribution is -2.37. The predicted molar refractivity (Wildman–Crippen MR) is 116 cm³/mol. The molecule has 1 aliphatic heterocycles. The van der Waals surface area contributed by atoms with Crippen molar-refractivity contribution < 1.29 is 19.5 Å². The number of carbonyl (C=O) groups is 3. The van der Waals surface area contributed by atoms with Crippen LogP contribution in [0.5, 0.6) is 0 Å². The number of hydrogen-bond donors (Lipinski definition) is 3. The molecular weight excluding hydrogens is 402 g/mol. The second-order valence-electron chi connectivity index (χ2n) is 7.07. The zero-order valence-electron chi connectivity index (χ0n) is 16.1. The van der Waals surface area contributed by atoms with Crippen LogP contribution in [0.25, 0.3) is 10.1 Å². The van der Waals surface area contributed by atoms with Gasteiger partial charge in [-0.25, -0.2) is 0 Å². The summed E-state index contributed by atoms with van der Waals surface area (Å²) in [4.78, 5) is 38.0. The molecule has 0 bridgehead atoms. The molecule has 0 radical (unpaired) electrons. The molecule has 1 unspecified atom stereocenters.